The zero-order valence-electron chi connectivity index (χ0n) is 9.04. The van der Waals surface area contributed by atoms with Crippen molar-refractivity contribution < 1.29 is 4.74 Å². The first-order chi connectivity index (χ1) is 7.90. The lowest BCUT2D eigenvalue weighted by Crippen LogP contribution is -2.12. The number of hydrogen-bond acceptors (Lipinski definition) is 3. The molecule has 2 N–H and O–H groups in total. The van der Waals surface area contributed by atoms with Crippen LogP contribution in [0.15, 0.2) is 42.9 Å². The van der Waals surface area contributed by atoms with E-state index in [1.807, 2.05) is 34.9 Å². The Balaban J connectivity index is 1.85. The number of para-hydroxylation sites is 1. The molecule has 0 amide bonds. The van der Waals surface area contributed by atoms with Gasteiger partial charge in [0.15, 0.2) is 0 Å². The first kappa shape index (κ1) is 10.7. The third-order valence-corrected chi connectivity index (χ3v) is 2.35. The molecule has 84 valence electrons. The van der Waals surface area contributed by atoms with Crippen molar-refractivity contribution in [1.29, 1.82) is 0 Å². The number of hydrogen-bond donors (Lipinski definition) is 1. The van der Waals surface area contributed by atoms with Gasteiger partial charge in [0, 0.05) is 12.7 Å². The molecule has 0 atom stereocenters. The van der Waals surface area contributed by atoms with E-state index in [0.29, 0.717) is 13.2 Å². The van der Waals surface area contributed by atoms with E-state index in [1.165, 1.54) is 0 Å². The molecular weight excluding hydrogens is 202 g/mol. The van der Waals surface area contributed by atoms with Gasteiger partial charge in [-0.15, -0.1) is 0 Å². The maximum atomic E-state index is 5.59. The Kier molecular flexibility index (Phi) is 3.56. The highest BCUT2D eigenvalue weighted by atomic mass is 16.5. The fourth-order valence-electron chi connectivity index (χ4n) is 1.50. The molecule has 0 saturated heterocycles. The van der Waals surface area contributed by atoms with Gasteiger partial charge in [-0.3, -0.25) is 0 Å². The minimum absolute atomic E-state index is 0.505. The van der Waals surface area contributed by atoms with Crippen molar-refractivity contribution in [2.24, 2.45) is 5.73 Å². The summed E-state index contributed by atoms with van der Waals surface area (Å²) in [6, 6.07) is 9.76. The molecule has 16 heavy (non-hydrogen) atoms. The van der Waals surface area contributed by atoms with Crippen LogP contribution < -0.4 is 10.5 Å². The van der Waals surface area contributed by atoms with Crippen molar-refractivity contribution in [3.05, 3.63) is 48.5 Å². The normalized spacial score (nSPS) is 10.3. The Morgan fingerprint density at radius 2 is 2.06 bits per heavy atom. The third-order valence-electron chi connectivity index (χ3n) is 2.35. The molecule has 0 saturated carbocycles. The largest absolute Gasteiger partial charge is 0.492 e. The maximum absolute atomic E-state index is 5.59. The predicted molar refractivity (Wildman–Crippen MR) is 62.1 cm³/mol. The number of benzene rings is 1. The summed E-state index contributed by atoms with van der Waals surface area (Å²) < 4.78 is 7.59. The highest BCUT2D eigenvalue weighted by Crippen LogP contribution is 2.08. The average Bonchev–Trinajstić information content (AvgIpc) is 2.78. The van der Waals surface area contributed by atoms with Crippen LogP contribution >= 0.6 is 0 Å². The van der Waals surface area contributed by atoms with Gasteiger partial charge in [0.05, 0.1) is 18.6 Å². The fraction of sp³-hybridized carbons (Fsp3) is 0.250. The average molecular weight is 217 g/mol. The van der Waals surface area contributed by atoms with Gasteiger partial charge in [-0.2, -0.15) is 0 Å². The van der Waals surface area contributed by atoms with Gasteiger partial charge >= 0.3 is 0 Å². The summed E-state index contributed by atoms with van der Waals surface area (Å²) in [5.41, 5.74) is 6.60. The molecule has 2 rings (SSSR count). The molecule has 0 aliphatic carbocycles. The van der Waals surface area contributed by atoms with Crippen LogP contribution in [-0.4, -0.2) is 16.2 Å². The number of nitrogens with two attached hydrogens (primary N) is 1. The van der Waals surface area contributed by atoms with E-state index in [0.717, 1.165) is 18.0 Å². The van der Waals surface area contributed by atoms with Crippen molar-refractivity contribution in [3.8, 4) is 5.75 Å². The second-order valence-corrected chi connectivity index (χ2v) is 3.44. The monoisotopic (exact) mass is 217 g/mol. The first-order valence-electron chi connectivity index (χ1n) is 5.27. The molecule has 4 heteroatoms. The molecule has 2 aromatic rings. The van der Waals surface area contributed by atoms with Crippen LogP contribution in [0.4, 0.5) is 0 Å². The predicted octanol–water partition coefficient (Wildman–Crippen LogP) is 1.42. The number of nitrogens with zero attached hydrogens (tertiary/aromatic N) is 2. The van der Waals surface area contributed by atoms with Crippen LogP contribution in [0.5, 0.6) is 5.75 Å². The highest BCUT2D eigenvalue weighted by Gasteiger charge is 1.99. The molecular formula is C12H15N3O. The standard InChI is InChI=1S/C12H15N3O/c13-8-11-9-14-10-15(11)6-7-16-12-4-2-1-3-5-12/h1-5,9-10H,6-8,13H2. The van der Waals surface area contributed by atoms with Gasteiger partial charge in [-0.05, 0) is 12.1 Å². The molecule has 1 aromatic heterocycles. The molecule has 0 fully saturated rings. The van der Waals surface area contributed by atoms with E-state index >= 15 is 0 Å². The van der Waals surface area contributed by atoms with Gasteiger partial charge in [-0.1, -0.05) is 18.2 Å². The number of rotatable bonds is 5. The smallest absolute Gasteiger partial charge is 0.119 e. The zero-order chi connectivity index (χ0) is 11.2. The van der Waals surface area contributed by atoms with Crippen molar-refractivity contribution in [2.75, 3.05) is 6.61 Å². The number of imidazole rings is 1. The van der Waals surface area contributed by atoms with Crippen LogP contribution in [0.3, 0.4) is 0 Å². The van der Waals surface area contributed by atoms with E-state index in [1.54, 1.807) is 12.5 Å². The van der Waals surface area contributed by atoms with Gasteiger partial charge in [-0.25, -0.2) is 4.98 Å². The third kappa shape index (κ3) is 2.61. The minimum Gasteiger partial charge on any atom is -0.492 e. The van der Waals surface area contributed by atoms with Gasteiger partial charge in [0.1, 0.15) is 12.4 Å². The van der Waals surface area contributed by atoms with Crippen molar-refractivity contribution in [1.82, 2.24) is 9.55 Å². The molecule has 4 nitrogen and oxygen atoms in total. The molecule has 0 unspecified atom stereocenters. The van der Waals surface area contributed by atoms with Crippen LogP contribution in [0.2, 0.25) is 0 Å². The van der Waals surface area contributed by atoms with Crippen LogP contribution in [0.25, 0.3) is 0 Å². The summed E-state index contributed by atoms with van der Waals surface area (Å²) in [5, 5.41) is 0. The Morgan fingerprint density at radius 1 is 1.25 bits per heavy atom. The lowest BCUT2D eigenvalue weighted by molar-refractivity contribution is 0.296. The summed E-state index contributed by atoms with van der Waals surface area (Å²) in [6.45, 7) is 1.89. The highest BCUT2D eigenvalue weighted by molar-refractivity contribution is 5.20. The minimum atomic E-state index is 0.505. The Hall–Kier alpha value is -1.81. The van der Waals surface area contributed by atoms with Gasteiger partial charge in [0.25, 0.3) is 0 Å². The Labute approximate surface area is 94.7 Å². The van der Waals surface area contributed by atoms with Gasteiger partial charge in [0.2, 0.25) is 0 Å². The van der Waals surface area contributed by atoms with Crippen molar-refractivity contribution in [2.45, 2.75) is 13.1 Å². The van der Waals surface area contributed by atoms with Crippen molar-refractivity contribution in [3.63, 3.8) is 0 Å². The van der Waals surface area contributed by atoms with E-state index in [9.17, 15) is 0 Å². The van der Waals surface area contributed by atoms with E-state index in [4.69, 9.17) is 10.5 Å². The lowest BCUT2D eigenvalue weighted by Gasteiger charge is -2.08. The summed E-state index contributed by atoms with van der Waals surface area (Å²) >= 11 is 0. The van der Waals surface area contributed by atoms with E-state index < -0.39 is 0 Å². The summed E-state index contributed by atoms with van der Waals surface area (Å²) in [7, 11) is 0. The molecule has 0 bridgehead atoms. The second kappa shape index (κ2) is 5.32. The zero-order valence-corrected chi connectivity index (χ0v) is 9.04. The van der Waals surface area contributed by atoms with Gasteiger partial charge < -0.3 is 15.0 Å². The summed E-state index contributed by atoms with van der Waals surface area (Å²) in [4.78, 5) is 4.05. The number of ether oxygens (including phenoxy) is 1. The van der Waals surface area contributed by atoms with Crippen LogP contribution in [-0.2, 0) is 13.1 Å². The lowest BCUT2D eigenvalue weighted by atomic mass is 10.3. The first-order valence-corrected chi connectivity index (χ1v) is 5.27. The molecule has 0 aliphatic rings. The number of aromatic nitrogens is 2. The van der Waals surface area contributed by atoms with Crippen LogP contribution in [0.1, 0.15) is 5.69 Å². The Morgan fingerprint density at radius 3 is 2.81 bits per heavy atom. The molecule has 0 radical (unpaired) electrons. The second-order valence-electron chi connectivity index (χ2n) is 3.44. The quantitative estimate of drug-likeness (QED) is 0.824. The van der Waals surface area contributed by atoms with E-state index in [-0.39, 0.29) is 0 Å². The Bertz CT molecular complexity index is 425. The SMILES string of the molecule is NCc1cncn1CCOc1ccccc1. The van der Waals surface area contributed by atoms with E-state index in [2.05, 4.69) is 4.98 Å². The molecule has 1 heterocycles. The van der Waals surface area contributed by atoms with Crippen molar-refractivity contribution >= 4 is 0 Å². The molecule has 0 spiro atoms. The summed E-state index contributed by atoms with van der Waals surface area (Å²) in [5.74, 6) is 0.886. The molecule has 0 aliphatic heterocycles. The van der Waals surface area contributed by atoms with Crippen LogP contribution in [0, 0.1) is 0 Å². The molecule has 1 aromatic carbocycles. The fourth-order valence-corrected chi connectivity index (χ4v) is 1.50. The maximum Gasteiger partial charge on any atom is 0.119 e. The topological polar surface area (TPSA) is 53.1 Å². The summed E-state index contributed by atoms with van der Waals surface area (Å²) in [6.07, 6.45) is 3.55.